The molecule has 0 aliphatic carbocycles. The van der Waals surface area contributed by atoms with E-state index in [0.29, 0.717) is 12.3 Å². The average molecular weight is 291 g/mol. The van der Waals surface area contributed by atoms with Crippen LogP contribution in [0.2, 0.25) is 0 Å². The number of amides is 1. The number of rotatable bonds is 8. The Labute approximate surface area is 128 Å². The van der Waals surface area contributed by atoms with Gasteiger partial charge in [-0.2, -0.15) is 0 Å². The van der Waals surface area contributed by atoms with Gasteiger partial charge in [0.05, 0.1) is 0 Å². The number of benzene rings is 1. The summed E-state index contributed by atoms with van der Waals surface area (Å²) in [6, 6.07) is 7.94. The average Bonchev–Trinajstić information content (AvgIpc) is 2.44. The van der Waals surface area contributed by atoms with Crippen LogP contribution in [0.15, 0.2) is 24.3 Å². The van der Waals surface area contributed by atoms with Gasteiger partial charge in [0.1, 0.15) is 0 Å². The Morgan fingerprint density at radius 3 is 2.52 bits per heavy atom. The SMILES string of the molecule is CCN(CC)Cc1cccc(NC(=O)CC(N)C(C)C)c1. The van der Waals surface area contributed by atoms with Gasteiger partial charge in [0.15, 0.2) is 0 Å². The van der Waals surface area contributed by atoms with Crippen LogP contribution < -0.4 is 11.1 Å². The molecule has 1 aromatic carbocycles. The summed E-state index contributed by atoms with van der Waals surface area (Å²) in [6.07, 6.45) is 0.359. The lowest BCUT2D eigenvalue weighted by molar-refractivity contribution is -0.116. The van der Waals surface area contributed by atoms with Crippen LogP contribution in [-0.4, -0.2) is 29.9 Å². The van der Waals surface area contributed by atoms with Crippen molar-refractivity contribution in [1.29, 1.82) is 0 Å². The topological polar surface area (TPSA) is 58.4 Å². The van der Waals surface area contributed by atoms with Crippen molar-refractivity contribution in [1.82, 2.24) is 4.90 Å². The van der Waals surface area contributed by atoms with Gasteiger partial charge in [-0.05, 0) is 36.7 Å². The zero-order chi connectivity index (χ0) is 15.8. The summed E-state index contributed by atoms with van der Waals surface area (Å²) in [5.41, 5.74) is 8.00. The molecule has 0 bridgehead atoms. The summed E-state index contributed by atoms with van der Waals surface area (Å²) < 4.78 is 0. The molecule has 1 unspecified atom stereocenters. The molecule has 118 valence electrons. The Morgan fingerprint density at radius 1 is 1.29 bits per heavy atom. The molecule has 0 saturated carbocycles. The van der Waals surface area contributed by atoms with E-state index in [1.807, 2.05) is 32.0 Å². The molecule has 0 aliphatic rings. The molecule has 0 aromatic heterocycles. The third-order valence-electron chi connectivity index (χ3n) is 3.79. The third-order valence-corrected chi connectivity index (χ3v) is 3.79. The zero-order valence-electron chi connectivity index (χ0n) is 13.7. The molecular formula is C17H29N3O. The maximum atomic E-state index is 12.0. The van der Waals surface area contributed by atoms with Crippen LogP contribution in [0, 0.1) is 5.92 Å². The lowest BCUT2D eigenvalue weighted by Gasteiger charge is -2.19. The number of anilines is 1. The van der Waals surface area contributed by atoms with Crippen LogP contribution in [0.4, 0.5) is 5.69 Å². The van der Waals surface area contributed by atoms with E-state index in [4.69, 9.17) is 5.73 Å². The minimum Gasteiger partial charge on any atom is -0.327 e. The second-order valence-electron chi connectivity index (χ2n) is 5.82. The Bertz CT molecular complexity index is 441. The summed E-state index contributed by atoms with van der Waals surface area (Å²) >= 11 is 0. The number of nitrogens with two attached hydrogens (primary N) is 1. The number of nitrogens with zero attached hydrogens (tertiary/aromatic N) is 1. The molecule has 1 atom stereocenters. The maximum absolute atomic E-state index is 12.0. The van der Waals surface area contributed by atoms with E-state index in [9.17, 15) is 4.79 Å². The van der Waals surface area contributed by atoms with E-state index in [-0.39, 0.29) is 11.9 Å². The van der Waals surface area contributed by atoms with Crippen LogP contribution in [0.5, 0.6) is 0 Å². The molecule has 1 rings (SSSR count). The Kier molecular flexibility index (Phi) is 7.40. The van der Waals surface area contributed by atoms with Crippen LogP contribution in [-0.2, 0) is 11.3 Å². The van der Waals surface area contributed by atoms with Crippen molar-refractivity contribution in [3.05, 3.63) is 29.8 Å². The second kappa shape index (κ2) is 8.80. The van der Waals surface area contributed by atoms with Crippen LogP contribution >= 0.6 is 0 Å². The lowest BCUT2D eigenvalue weighted by atomic mass is 10.0. The number of hydrogen-bond acceptors (Lipinski definition) is 3. The van der Waals surface area contributed by atoms with Crippen LogP contribution in [0.1, 0.15) is 39.7 Å². The Balaban J connectivity index is 2.62. The molecule has 0 fully saturated rings. The summed E-state index contributed by atoms with van der Waals surface area (Å²) in [4.78, 5) is 14.3. The summed E-state index contributed by atoms with van der Waals surface area (Å²) in [6.45, 7) is 11.3. The highest BCUT2D eigenvalue weighted by molar-refractivity contribution is 5.91. The minimum atomic E-state index is -0.0937. The largest absolute Gasteiger partial charge is 0.327 e. The van der Waals surface area contributed by atoms with Crippen molar-refractivity contribution in [2.24, 2.45) is 11.7 Å². The molecule has 0 radical (unpaired) electrons. The first-order valence-corrected chi connectivity index (χ1v) is 7.83. The number of carbonyl (C=O) groups is 1. The fraction of sp³-hybridized carbons (Fsp3) is 0.588. The van der Waals surface area contributed by atoms with Gasteiger partial charge in [-0.3, -0.25) is 9.69 Å². The van der Waals surface area contributed by atoms with E-state index in [0.717, 1.165) is 25.3 Å². The molecular weight excluding hydrogens is 262 g/mol. The van der Waals surface area contributed by atoms with Gasteiger partial charge >= 0.3 is 0 Å². The number of carbonyl (C=O) groups excluding carboxylic acids is 1. The molecule has 0 aliphatic heterocycles. The summed E-state index contributed by atoms with van der Waals surface area (Å²) in [7, 11) is 0. The van der Waals surface area contributed by atoms with Crippen LogP contribution in [0.25, 0.3) is 0 Å². The minimum absolute atomic E-state index is 0.0174. The van der Waals surface area contributed by atoms with Gasteiger partial charge < -0.3 is 11.1 Å². The van der Waals surface area contributed by atoms with Gasteiger partial charge in [-0.25, -0.2) is 0 Å². The third kappa shape index (κ3) is 6.27. The standard InChI is InChI=1S/C17H29N3O/c1-5-20(6-2)12-14-8-7-9-15(10-14)19-17(21)11-16(18)13(3)4/h7-10,13,16H,5-6,11-12,18H2,1-4H3,(H,19,21). The molecule has 4 nitrogen and oxygen atoms in total. The first kappa shape index (κ1) is 17.7. The zero-order valence-corrected chi connectivity index (χ0v) is 13.7. The highest BCUT2D eigenvalue weighted by Crippen LogP contribution is 2.14. The normalized spacial score (nSPS) is 12.7. The van der Waals surface area contributed by atoms with E-state index in [1.54, 1.807) is 0 Å². The molecule has 0 saturated heterocycles. The number of hydrogen-bond donors (Lipinski definition) is 2. The predicted molar refractivity (Wildman–Crippen MR) is 89.1 cm³/mol. The maximum Gasteiger partial charge on any atom is 0.225 e. The first-order chi connectivity index (χ1) is 9.96. The summed E-state index contributed by atoms with van der Waals surface area (Å²) in [5, 5.41) is 2.94. The highest BCUT2D eigenvalue weighted by Gasteiger charge is 2.13. The van der Waals surface area contributed by atoms with Crippen molar-refractivity contribution in [2.75, 3.05) is 18.4 Å². The fourth-order valence-corrected chi connectivity index (χ4v) is 2.11. The Hall–Kier alpha value is -1.39. The molecule has 0 heterocycles. The quantitative estimate of drug-likeness (QED) is 0.774. The van der Waals surface area contributed by atoms with Crippen LogP contribution in [0.3, 0.4) is 0 Å². The predicted octanol–water partition coefficient (Wildman–Crippen LogP) is 2.84. The monoisotopic (exact) mass is 291 g/mol. The van der Waals surface area contributed by atoms with Gasteiger partial charge in [-0.1, -0.05) is 39.8 Å². The van der Waals surface area contributed by atoms with Gasteiger partial charge in [0.25, 0.3) is 0 Å². The van der Waals surface area contributed by atoms with E-state index >= 15 is 0 Å². The number of nitrogens with one attached hydrogen (secondary N) is 1. The van der Waals surface area contributed by atoms with E-state index < -0.39 is 0 Å². The summed E-state index contributed by atoms with van der Waals surface area (Å²) in [5.74, 6) is 0.293. The van der Waals surface area contributed by atoms with Gasteiger partial charge in [0, 0.05) is 24.7 Å². The second-order valence-corrected chi connectivity index (χ2v) is 5.82. The van der Waals surface area contributed by atoms with Crippen molar-refractivity contribution in [3.8, 4) is 0 Å². The molecule has 0 spiro atoms. The highest BCUT2D eigenvalue weighted by atomic mass is 16.1. The van der Waals surface area contributed by atoms with Crippen molar-refractivity contribution in [2.45, 2.75) is 46.7 Å². The first-order valence-electron chi connectivity index (χ1n) is 7.83. The molecule has 1 aromatic rings. The van der Waals surface area contributed by atoms with Gasteiger partial charge in [0.2, 0.25) is 5.91 Å². The van der Waals surface area contributed by atoms with Crippen molar-refractivity contribution < 1.29 is 4.79 Å². The van der Waals surface area contributed by atoms with Gasteiger partial charge in [-0.15, -0.1) is 0 Å². The van der Waals surface area contributed by atoms with Crippen molar-refractivity contribution >= 4 is 11.6 Å². The van der Waals surface area contributed by atoms with Crippen molar-refractivity contribution in [3.63, 3.8) is 0 Å². The van der Waals surface area contributed by atoms with E-state index in [1.165, 1.54) is 5.56 Å². The molecule has 1 amide bonds. The molecule has 4 heteroatoms. The fourth-order valence-electron chi connectivity index (χ4n) is 2.11. The Morgan fingerprint density at radius 2 is 1.95 bits per heavy atom. The van der Waals surface area contributed by atoms with E-state index in [2.05, 4.69) is 30.1 Å². The smallest absolute Gasteiger partial charge is 0.225 e. The molecule has 21 heavy (non-hydrogen) atoms. The lowest BCUT2D eigenvalue weighted by Crippen LogP contribution is -2.31. The molecule has 3 N–H and O–H groups in total.